The Hall–Kier alpha value is -2.24. The topological polar surface area (TPSA) is 62.2 Å². The molecule has 2 aromatic carbocycles. The molecule has 1 heterocycles. The number of hydrogen-bond acceptors (Lipinski definition) is 4. The summed E-state index contributed by atoms with van der Waals surface area (Å²) in [5.41, 5.74) is 1.21. The second-order valence-corrected chi connectivity index (χ2v) is 5.06. The molecule has 2 N–H and O–H groups in total. The van der Waals surface area contributed by atoms with Gasteiger partial charge in [0.25, 0.3) is 5.91 Å². The van der Waals surface area contributed by atoms with E-state index >= 15 is 0 Å². The molecule has 120 valence electrons. The van der Waals surface area contributed by atoms with Crippen LogP contribution in [0.2, 0.25) is 0 Å². The van der Waals surface area contributed by atoms with Crippen LogP contribution in [0.5, 0.6) is 5.75 Å². The lowest BCUT2D eigenvalue weighted by Gasteiger charge is -2.09. The number of carbonyl (C=O) groups is 1. The van der Waals surface area contributed by atoms with Crippen LogP contribution in [0, 0.1) is 0 Å². The van der Waals surface area contributed by atoms with Gasteiger partial charge < -0.3 is 10.4 Å². The number of nitrogens with zero attached hydrogens (tertiary/aromatic N) is 1. The molecule has 0 aliphatic carbocycles. The van der Waals surface area contributed by atoms with Crippen LogP contribution in [0.4, 0.5) is 5.69 Å². The van der Waals surface area contributed by atoms with Gasteiger partial charge in [0.15, 0.2) is 5.75 Å². The number of carbonyl (C=O) groups excluding carboxylic acids is 1. The van der Waals surface area contributed by atoms with E-state index in [0.29, 0.717) is 11.2 Å². The average molecular weight is 349 g/mol. The number of halogens is 1. The normalized spacial score (nSPS) is 9.61. The van der Waals surface area contributed by atoms with E-state index in [1.54, 1.807) is 42.6 Å². The van der Waals surface area contributed by atoms with Gasteiger partial charge in [0.2, 0.25) is 0 Å². The highest BCUT2D eigenvalue weighted by atomic mass is 35.5. The summed E-state index contributed by atoms with van der Waals surface area (Å²) in [6, 6.07) is 14.0. The number of hydrogen-bond donors (Lipinski definition) is 3. The number of phenols is 1. The molecule has 3 aromatic rings. The fourth-order valence-electron chi connectivity index (χ4n) is 2.10. The van der Waals surface area contributed by atoms with Crippen molar-refractivity contribution in [1.29, 1.82) is 0 Å². The number of thiol groups is 1. The number of phenolic OH excluding ortho intramolecular Hbond substituents is 1. The molecular weight excluding hydrogens is 332 g/mol. The number of nitrogens with one attached hydrogen (secondary N) is 1. The van der Waals surface area contributed by atoms with E-state index in [9.17, 15) is 9.90 Å². The van der Waals surface area contributed by atoms with Crippen LogP contribution in [0.3, 0.4) is 0 Å². The number of pyridine rings is 1. The van der Waals surface area contributed by atoms with Gasteiger partial charge in [0.05, 0.1) is 5.56 Å². The number of aromatic nitrogens is 1. The fourth-order valence-corrected chi connectivity index (χ4v) is 2.32. The van der Waals surface area contributed by atoms with Gasteiger partial charge in [-0.1, -0.05) is 25.6 Å². The Morgan fingerprint density at radius 1 is 1.13 bits per heavy atom. The molecule has 4 nitrogen and oxygen atoms in total. The molecule has 0 unspecified atom stereocenters. The quantitative estimate of drug-likeness (QED) is 0.596. The monoisotopic (exact) mass is 348 g/mol. The van der Waals surface area contributed by atoms with Gasteiger partial charge in [-0.05, 0) is 30.3 Å². The van der Waals surface area contributed by atoms with Gasteiger partial charge in [-0.15, -0.1) is 25.0 Å². The molecule has 0 saturated carbocycles. The molecule has 0 saturated heterocycles. The van der Waals surface area contributed by atoms with Crippen LogP contribution in [0.1, 0.15) is 17.8 Å². The van der Waals surface area contributed by atoms with Crippen LogP contribution in [-0.2, 0) is 0 Å². The molecular formula is C17H17ClN2O2S. The number of rotatable bonds is 2. The van der Waals surface area contributed by atoms with Gasteiger partial charge in [0.1, 0.15) is 5.52 Å². The van der Waals surface area contributed by atoms with Crippen molar-refractivity contribution in [2.75, 3.05) is 5.32 Å². The van der Waals surface area contributed by atoms with E-state index in [2.05, 4.69) is 22.9 Å². The third kappa shape index (κ3) is 3.94. The molecule has 3 rings (SSSR count). The highest BCUT2D eigenvalue weighted by Gasteiger charge is 2.14. The summed E-state index contributed by atoms with van der Waals surface area (Å²) in [7, 11) is 0. The lowest BCUT2D eigenvalue weighted by molar-refractivity contribution is 0.102. The van der Waals surface area contributed by atoms with Gasteiger partial charge in [-0.25, -0.2) is 0 Å². The largest absolute Gasteiger partial charge is 0.505 e. The summed E-state index contributed by atoms with van der Waals surface area (Å²) in [6.07, 6.45) is 1.58. The molecule has 0 fully saturated rings. The lowest BCUT2D eigenvalue weighted by Crippen LogP contribution is -2.12. The first-order valence-corrected chi connectivity index (χ1v) is 6.77. The predicted molar refractivity (Wildman–Crippen MR) is 99.0 cm³/mol. The maximum atomic E-state index is 12.3. The van der Waals surface area contributed by atoms with Gasteiger partial charge >= 0.3 is 0 Å². The number of aromatic hydroxyl groups is 1. The minimum atomic E-state index is -0.390. The van der Waals surface area contributed by atoms with E-state index in [-0.39, 0.29) is 37.1 Å². The summed E-state index contributed by atoms with van der Waals surface area (Å²) in [5.74, 6) is -0.508. The molecule has 0 aliphatic heterocycles. The molecule has 0 aliphatic rings. The first-order chi connectivity index (χ1) is 10.1. The molecule has 1 aromatic heterocycles. The Kier molecular flexibility index (Phi) is 6.42. The zero-order valence-corrected chi connectivity index (χ0v) is 13.1. The molecule has 0 spiro atoms. The van der Waals surface area contributed by atoms with Crippen molar-refractivity contribution >= 4 is 47.5 Å². The summed E-state index contributed by atoms with van der Waals surface area (Å²) in [6.45, 7) is 0. The molecule has 6 heteroatoms. The van der Waals surface area contributed by atoms with Crippen LogP contribution < -0.4 is 5.32 Å². The summed E-state index contributed by atoms with van der Waals surface area (Å²) in [5, 5.41) is 13.7. The van der Waals surface area contributed by atoms with Crippen molar-refractivity contribution in [3.8, 4) is 5.75 Å². The Bertz CT molecular complexity index is 840. The molecule has 23 heavy (non-hydrogen) atoms. The molecule has 0 radical (unpaired) electrons. The highest BCUT2D eigenvalue weighted by molar-refractivity contribution is 7.80. The Morgan fingerprint density at radius 3 is 2.65 bits per heavy atom. The van der Waals surface area contributed by atoms with Gasteiger partial charge in [0, 0.05) is 22.2 Å². The summed E-state index contributed by atoms with van der Waals surface area (Å²) >= 11 is 4.22. The first kappa shape index (κ1) is 18.8. The van der Waals surface area contributed by atoms with Crippen LogP contribution in [0.15, 0.2) is 59.6 Å². The Morgan fingerprint density at radius 2 is 1.91 bits per heavy atom. The number of benzene rings is 2. The predicted octanol–water partition coefficient (Wildman–Crippen LogP) is 4.54. The van der Waals surface area contributed by atoms with Crippen LogP contribution in [-0.4, -0.2) is 16.0 Å². The van der Waals surface area contributed by atoms with Gasteiger partial charge in [-0.3, -0.25) is 9.78 Å². The second kappa shape index (κ2) is 7.85. The fraction of sp³-hybridized carbons (Fsp3) is 0.0588. The summed E-state index contributed by atoms with van der Waals surface area (Å²) < 4.78 is 0. The van der Waals surface area contributed by atoms with Crippen molar-refractivity contribution in [2.24, 2.45) is 0 Å². The van der Waals surface area contributed by atoms with Crippen molar-refractivity contribution in [3.05, 3.63) is 60.3 Å². The minimum Gasteiger partial charge on any atom is -0.505 e. The van der Waals surface area contributed by atoms with Gasteiger partial charge in [-0.2, -0.15) is 0 Å². The van der Waals surface area contributed by atoms with Crippen LogP contribution >= 0.6 is 25.0 Å². The maximum absolute atomic E-state index is 12.3. The zero-order chi connectivity index (χ0) is 14.8. The maximum Gasteiger partial charge on any atom is 0.259 e. The van der Waals surface area contributed by atoms with Crippen LogP contribution in [0.25, 0.3) is 10.9 Å². The second-order valence-electron chi connectivity index (χ2n) is 4.54. The zero-order valence-electron chi connectivity index (χ0n) is 11.4. The number of anilines is 1. The standard InChI is InChI=1S/C16H12N2O2S.CH4.ClH/c19-15-13(7-6-10-3-2-8-17-14(10)15)16(20)18-11-4-1-5-12(21)9-11;;/h1-9,19,21H,(H,18,20);1H4;1H. The third-order valence-corrected chi connectivity index (χ3v) is 3.37. The Balaban J connectivity index is 0.00000132. The highest BCUT2D eigenvalue weighted by Crippen LogP contribution is 2.27. The number of fused-ring (bicyclic) bond motifs is 1. The molecule has 0 atom stereocenters. The van der Waals surface area contributed by atoms with E-state index in [0.717, 1.165) is 10.3 Å². The van der Waals surface area contributed by atoms with Crippen molar-refractivity contribution < 1.29 is 9.90 Å². The lowest BCUT2D eigenvalue weighted by atomic mass is 10.1. The third-order valence-electron chi connectivity index (χ3n) is 3.10. The molecule has 1 amide bonds. The SMILES string of the molecule is C.Cl.O=C(Nc1cccc(S)c1)c1ccc2cccnc2c1O. The Labute approximate surface area is 146 Å². The van der Waals surface area contributed by atoms with Crippen molar-refractivity contribution in [1.82, 2.24) is 4.98 Å². The number of amides is 1. The van der Waals surface area contributed by atoms with E-state index in [4.69, 9.17) is 0 Å². The smallest absolute Gasteiger partial charge is 0.259 e. The van der Waals surface area contributed by atoms with Crippen molar-refractivity contribution in [2.45, 2.75) is 12.3 Å². The average Bonchev–Trinajstić information content (AvgIpc) is 2.48. The summed E-state index contributed by atoms with van der Waals surface area (Å²) in [4.78, 5) is 17.1. The van der Waals surface area contributed by atoms with Crippen molar-refractivity contribution in [3.63, 3.8) is 0 Å². The molecule has 0 bridgehead atoms. The van der Waals surface area contributed by atoms with E-state index in [1.165, 1.54) is 0 Å². The van der Waals surface area contributed by atoms with E-state index in [1.807, 2.05) is 12.1 Å². The first-order valence-electron chi connectivity index (χ1n) is 6.32. The minimum absolute atomic E-state index is 0. The van der Waals surface area contributed by atoms with E-state index < -0.39 is 0 Å².